The first-order valence-corrected chi connectivity index (χ1v) is 9.33. The van der Waals surface area contributed by atoms with Crippen molar-refractivity contribution in [3.63, 3.8) is 0 Å². The number of halogens is 3. The van der Waals surface area contributed by atoms with E-state index in [2.05, 4.69) is 20.0 Å². The van der Waals surface area contributed by atoms with Crippen LogP contribution in [0.1, 0.15) is 24.2 Å². The molecule has 30 heavy (non-hydrogen) atoms. The van der Waals surface area contributed by atoms with Crippen molar-refractivity contribution in [2.24, 2.45) is 0 Å². The minimum Gasteiger partial charge on any atom is -0.484 e. The normalized spacial score (nSPS) is 11.4. The van der Waals surface area contributed by atoms with Gasteiger partial charge in [-0.2, -0.15) is 13.2 Å². The van der Waals surface area contributed by atoms with Gasteiger partial charge in [0.2, 0.25) is 5.91 Å². The maximum atomic E-state index is 12.1. The number of carbonyl (C=O) groups is 1. The second-order valence-electron chi connectivity index (χ2n) is 6.71. The highest BCUT2D eigenvalue weighted by atomic mass is 19.4. The van der Waals surface area contributed by atoms with Crippen LogP contribution in [0.5, 0.6) is 5.75 Å². The monoisotopic (exact) mass is 419 g/mol. The van der Waals surface area contributed by atoms with E-state index in [9.17, 15) is 22.8 Å². The van der Waals surface area contributed by atoms with E-state index in [1.807, 2.05) is 0 Å². The molecule has 0 radical (unpaired) electrons. The average Bonchev–Trinajstić information content (AvgIpc) is 2.71. The minimum atomic E-state index is -4.39. The summed E-state index contributed by atoms with van der Waals surface area (Å²) in [5.41, 5.74) is 1.15. The molecule has 0 aliphatic carbocycles. The number of alkyl halides is 3. The summed E-state index contributed by atoms with van der Waals surface area (Å²) in [6, 6.07) is 13.1. The number of rotatable bonds is 8. The summed E-state index contributed by atoms with van der Waals surface area (Å²) in [7, 11) is 0. The number of aromatic amines is 1. The second-order valence-corrected chi connectivity index (χ2v) is 6.71. The third-order valence-electron chi connectivity index (χ3n) is 4.29. The largest absolute Gasteiger partial charge is 0.484 e. The number of amides is 1. The molecule has 0 saturated carbocycles. The van der Waals surface area contributed by atoms with Gasteiger partial charge in [0.15, 0.2) is 6.61 Å². The molecule has 0 spiro atoms. The van der Waals surface area contributed by atoms with Crippen LogP contribution >= 0.6 is 0 Å². The van der Waals surface area contributed by atoms with Crippen molar-refractivity contribution >= 4 is 16.8 Å². The minimum absolute atomic E-state index is 0.110. The first kappa shape index (κ1) is 21.4. The molecule has 158 valence electrons. The van der Waals surface area contributed by atoms with Crippen LogP contribution in [0, 0.1) is 0 Å². The number of nitrogens with zero attached hydrogens (tertiary/aromatic N) is 1. The number of aromatic nitrogens is 2. The zero-order chi connectivity index (χ0) is 21.6. The Hall–Kier alpha value is -3.36. The number of aryl methyl sites for hydroxylation is 1. The van der Waals surface area contributed by atoms with Crippen molar-refractivity contribution in [3.8, 4) is 5.75 Å². The summed E-state index contributed by atoms with van der Waals surface area (Å²) in [5.74, 6) is 0.468. The number of carbonyl (C=O) groups excluding carboxylic acids is 1. The van der Waals surface area contributed by atoms with Crippen LogP contribution in [-0.4, -0.2) is 28.7 Å². The van der Waals surface area contributed by atoms with Crippen LogP contribution in [0.25, 0.3) is 10.9 Å². The molecule has 2 aromatic carbocycles. The summed E-state index contributed by atoms with van der Waals surface area (Å²) in [6.07, 6.45) is -3.17. The second kappa shape index (κ2) is 9.43. The van der Waals surface area contributed by atoms with E-state index in [1.165, 1.54) is 12.1 Å². The molecule has 0 unspecified atom stereocenters. The molecule has 0 aliphatic rings. The lowest BCUT2D eigenvalue weighted by Gasteiger charge is -2.10. The maximum absolute atomic E-state index is 12.1. The number of fused-ring (bicyclic) bond motifs is 1. The van der Waals surface area contributed by atoms with Gasteiger partial charge in [0.1, 0.15) is 11.6 Å². The van der Waals surface area contributed by atoms with E-state index in [-0.39, 0.29) is 30.2 Å². The van der Waals surface area contributed by atoms with Gasteiger partial charge in [-0.25, -0.2) is 4.98 Å². The molecule has 1 heterocycles. The number of benzene rings is 2. The van der Waals surface area contributed by atoms with Crippen LogP contribution in [0.2, 0.25) is 0 Å². The van der Waals surface area contributed by atoms with E-state index in [4.69, 9.17) is 0 Å². The van der Waals surface area contributed by atoms with Crippen molar-refractivity contribution < 1.29 is 22.7 Å². The van der Waals surface area contributed by atoms with Gasteiger partial charge in [-0.15, -0.1) is 0 Å². The van der Waals surface area contributed by atoms with E-state index < -0.39 is 12.8 Å². The zero-order valence-electron chi connectivity index (χ0n) is 16.0. The summed E-state index contributed by atoms with van der Waals surface area (Å²) in [6.45, 7) is -1.09. The van der Waals surface area contributed by atoms with Gasteiger partial charge in [0.25, 0.3) is 5.56 Å². The first-order valence-electron chi connectivity index (χ1n) is 9.33. The van der Waals surface area contributed by atoms with Crippen molar-refractivity contribution in [1.82, 2.24) is 15.3 Å². The van der Waals surface area contributed by atoms with E-state index in [1.54, 1.807) is 36.4 Å². The Bertz CT molecular complexity index is 1060. The Balaban J connectivity index is 1.42. The molecule has 1 amide bonds. The number of ether oxygens (including phenoxy) is 1. The first-order chi connectivity index (χ1) is 14.3. The summed E-state index contributed by atoms with van der Waals surface area (Å²) >= 11 is 0. The molecule has 9 heteroatoms. The molecule has 0 atom stereocenters. The van der Waals surface area contributed by atoms with Crippen LogP contribution in [0.3, 0.4) is 0 Å². The fourth-order valence-corrected chi connectivity index (χ4v) is 2.83. The van der Waals surface area contributed by atoms with Gasteiger partial charge >= 0.3 is 6.18 Å². The lowest BCUT2D eigenvalue weighted by molar-refractivity contribution is -0.153. The molecule has 0 aliphatic heterocycles. The molecule has 6 nitrogen and oxygen atoms in total. The van der Waals surface area contributed by atoms with Gasteiger partial charge < -0.3 is 15.0 Å². The predicted molar refractivity (Wildman–Crippen MR) is 105 cm³/mol. The molecule has 2 N–H and O–H groups in total. The fourth-order valence-electron chi connectivity index (χ4n) is 2.83. The number of hydrogen-bond acceptors (Lipinski definition) is 4. The van der Waals surface area contributed by atoms with Gasteiger partial charge in [-0.3, -0.25) is 9.59 Å². The van der Waals surface area contributed by atoms with Crippen LogP contribution in [0.15, 0.2) is 53.3 Å². The molecular weight excluding hydrogens is 399 g/mol. The topological polar surface area (TPSA) is 84.1 Å². The highest BCUT2D eigenvalue weighted by Crippen LogP contribution is 2.18. The Morgan fingerprint density at radius 2 is 1.83 bits per heavy atom. The molecule has 1 aromatic heterocycles. The number of para-hydroxylation sites is 1. The number of hydrogen-bond donors (Lipinski definition) is 2. The SMILES string of the molecule is O=C(CCCc1nc2ccccc2c(=O)[nH]1)NCc1ccc(OCC(F)(F)F)cc1. The molecular formula is C21H20F3N3O3. The van der Waals surface area contributed by atoms with Gasteiger partial charge in [-0.1, -0.05) is 24.3 Å². The summed E-state index contributed by atoms with van der Waals surface area (Å²) in [5, 5.41) is 3.27. The fraction of sp³-hybridized carbons (Fsp3) is 0.286. The maximum Gasteiger partial charge on any atom is 0.422 e. The summed E-state index contributed by atoms with van der Waals surface area (Å²) in [4.78, 5) is 31.2. The van der Waals surface area contributed by atoms with E-state index in [0.717, 1.165) is 5.56 Å². The molecule has 0 fully saturated rings. The van der Waals surface area contributed by atoms with Crippen LogP contribution in [0.4, 0.5) is 13.2 Å². The van der Waals surface area contributed by atoms with Crippen LogP contribution in [-0.2, 0) is 17.8 Å². The molecule has 3 rings (SSSR count). The van der Waals surface area contributed by atoms with Gasteiger partial charge in [0, 0.05) is 19.4 Å². The van der Waals surface area contributed by atoms with Crippen molar-refractivity contribution in [3.05, 3.63) is 70.3 Å². The zero-order valence-corrected chi connectivity index (χ0v) is 16.0. The Kier molecular flexibility index (Phi) is 6.71. The highest BCUT2D eigenvalue weighted by Gasteiger charge is 2.28. The van der Waals surface area contributed by atoms with E-state index in [0.29, 0.717) is 29.6 Å². The quantitative estimate of drug-likeness (QED) is 0.585. The lowest BCUT2D eigenvalue weighted by Crippen LogP contribution is -2.22. The van der Waals surface area contributed by atoms with E-state index >= 15 is 0 Å². The molecule has 3 aromatic rings. The predicted octanol–water partition coefficient (Wildman–Crippen LogP) is 3.50. The standard InChI is InChI=1S/C21H20F3N3O3/c22-21(23,24)13-30-15-10-8-14(9-11-15)12-25-19(28)7-3-6-18-26-17-5-2-1-4-16(17)20(29)27-18/h1-2,4-5,8-11H,3,6-7,12-13H2,(H,25,28)(H,26,27,29). The van der Waals surface area contributed by atoms with Crippen molar-refractivity contribution in [2.45, 2.75) is 32.0 Å². The third-order valence-corrected chi connectivity index (χ3v) is 4.29. The third kappa shape index (κ3) is 6.33. The van der Waals surface area contributed by atoms with Crippen molar-refractivity contribution in [2.75, 3.05) is 6.61 Å². The van der Waals surface area contributed by atoms with Gasteiger partial charge in [-0.05, 0) is 36.2 Å². The highest BCUT2D eigenvalue weighted by molar-refractivity contribution is 5.77. The lowest BCUT2D eigenvalue weighted by atomic mass is 10.2. The van der Waals surface area contributed by atoms with Gasteiger partial charge in [0.05, 0.1) is 10.9 Å². The Morgan fingerprint density at radius 1 is 1.10 bits per heavy atom. The van der Waals surface area contributed by atoms with Crippen LogP contribution < -0.4 is 15.6 Å². The Labute approximate surface area is 170 Å². The molecule has 0 bridgehead atoms. The summed E-state index contributed by atoms with van der Waals surface area (Å²) < 4.78 is 41.0. The van der Waals surface area contributed by atoms with Crippen molar-refractivity contribution in [1.29, 1.82) is 0 Å². The Morgan fingerprint density at radius 3 is 2.57 bits per heavy atom. The average molecular weight is 419 g/mol. The number of nitrogens with one attached hydrogen (secondary N) is 2. The smallest absolute Gasteiger partial charge is 0.422 e. The number of H-pyrrole nitrogens is 1. The molecule has 0 saturated heterocycles.